The molecule has 0 saturated heterocycles. The number of nitrogens with one attached hydrogen (secondary N) is 1. The van der Waals surface area contributed by atoms with Crippen molar-refractivity contribution in [3.63, 3.8) is 0 Å². The minimum absolute atomic E-state index is 0.0806. The van der Waals surface area contributed by atoms with Crippen molar-refractivity contribution in [3.8, 4) is 5.75 Å². The Morgan fingerprint density at radius 1 is 1.25 bits per heavy atom. The number of carbonyl (C=O) groups is 1. The van der Waals surface area contributed by atoms with Gasteiger partial charge in [-0.1, -0.05) is 35.9 Å². The molecule has 0 saturated carbocycles. The Morgan fingerprint density at radius 2 is 1.96 bits per heavy atom. The molecule has 0 spiro atoms. The van der Waals surface area contributed by atoms with Gasteiger partial charge in [-0.05, 0) is 38.0 Å². The van der Waals surface area contributed by atoms with Crippen molar-refractivity contribution in [2.45, 2.75) is 26.8 Å². The highest BCUT2D eigenvalue weighted by Crippen LogP contribution is 2.25. The molecule has 6 heteroatoms. The molecular weight excluding hydrogens is 308 g/mol. The number of hydrogen-bond donors (Lipinski definition) is 1. The van der Waals surface area contributed by atoms with Crippen LogP contribution < -0.4 is 10.1 Å². The summed E-state index contributed by atoms with van der Waals surface area (Å²) in [5, 5.41) is 13.8. The van der Waals surface area contributed by atoms with Gasteiger partial charge in [0.25, 0.3) is 5.91 Å². The first-order chi connectivity index (χ1) is 11.4. The molecule has 0 aliphatic heterocycles. The van der Waals surface area contributed by atoms with E-state index in [1.165, 1.54) is 12.1 Å². The van der Waals surface area contributed by atoms with E-state index in [0.29, 0.717) is 0 Å². The lowest BCUT2D eigenvalue weighted by Gasteiger charge is -2.17. The molecule has 0 bridgehead atoms. The summed E-state index contributed by atoms with van der Waals surface area (Å²) in [4.78, 5) is 22.5. The van der Waals surface area contributed by atoms with Crippen LogP contribution in [0, 0.1) is 24.0 Å². The average Bonchev–Trinajstić information content (AvgIpc) is 2.55. The summed E-state index contributed by atoms with van der Waals surface area (Å²) in [5.74, 6) is -0.251. The highest BCUT2D eigenvalue weighted by Gasteiger charge is 2.16. The lowest BCUT2D eigenvalue weighted by atomic mass is 10.00. The third-order valence-electron chi connectivity index (χ3n) is 3.70. The third kappa shape index (κ3) is 4.32. The number of para-hydroxylation sites is 2. The molecule has 6 nitrogen and oxygen atoms in total. The van der Waals surface area contributed by atoms with Gasteiger partial charge >= 0.3 is 5.69 Å². The Labute approximate surface area is 140 Å². The molecule has 2 rings (SSSR count). The summed E-state index contributed by atoms with van der Waals surface area (Å²) in [7, 11) is 0. The van der Waals surface area contributed by atoms with E-state index in [2.05, 4.69) is 5.32 Å². The van der Waals surface area contributed by atoms with Crippen LogP contribution in [0.1, 0.15) is 29.7 Å². The topological polar surface area (TPSA) is 81.5 Å². The molecule has 2 aromatic rings. The predicted molar refractivity (Wildman–Crippen MR) is 91.1 cm³/mol. The minimum Gasteiger partial charge on any atom is -0.477 e. The molecule has 0 aliphatic rings. The molecule has 1 amide bonds. The first kappa shape index (κ1) is 17.5. The second kappa shape index (κ2) is 7.59. The van der Waals surface area contributed by atoms with Crippen molar-refractivity contribution in [2.75, 3.05) is 6.61 Å². The van der Waals surface area contributed by atoms with E-state index >= 15 is 0 Å². The average molecular weight is 328 g/mol. The number of benzene rings is 2. The van der Waals surface area contributed by atoms with Gasteiger partial charge in [0.15, 0.2) is 12.4 Å². The Balaban J connectivity index is 1.99. The Bertz CT molecular complexity index is 758. The van der Waals surface area contributed by atoms with Gasteiger partial charge in [-0.2, -0.15) is 0 Å². The van der Waals surface area contributed by atoms with Gasteiger partial charge in [0.2, 0.25) is 0 Å². The summed E-state index contributed by atoms with van der Waals surface area (Å²) < 4.78 is 5.30. The van der Waals surface area contributed by atoms with Crippen molar-refractivity contribution in [1.82, 2.24) is 5.32 Å². The summed E-state index contributed by atoms with van der Waals surface area (Å²) in [5.41, 5.74) is 3.09. The van der Waals surface area contributed by atoms with E-state index in [-0.39, 0.29) is 30.0 Å². The van der Waals surface area contributed by atoms with Gasteiger partial charge < -0.3 is 10.1 Å². The van der Waals surface area contributed by atoms with E-state index in [4.69, 9.17) is 4.74 Å². The summed E-state index contributed by atoms with van der Waals surface area (Å²) in [6.45, 7) is 5.60. The summed E-state index contributed by atoms with van der Waals surface area (Å²) >= 11 is 0. The SMILES string of the molecule is Cc1ccc(C)c(C(C)NC(=O)COc2ccccc2[N+](=O)[O-])c1. The first-order valence-corrected chi connectivity index (χ1v) is 7.61. The molecule has 0 aliphatic carbocycles. The zero-order chi connectivity index (χ0) is 17.7. The number of carbonyl (C=O) groups excluding carboxylic acids is 1. The van der Waals surface area contributed by atoms with E-state index in [1.54, 1.807) is 12.1 Å². The van der Waals surface area contributed by atoms with Crippen LogP contribution in [0.3, 0.4) is 0 Å². The number of amides is 1. The molecule has 1 atom stereocenters. The van der Waals surface area contributed by atoms with Gasteiger partial charge in [0.1, 0.15) is 0 Å². The van der Waals surface area contributed by atoms with Crippen LogP contribution in [0.2, 0.25) is 0 Å². The van der Waals surface area contributed by atoms with Crippen LogP contribution in [0.4, 0.5) is 5.69 Å². The van der Waals surface area contributed by atoms with Crippen molar-refractivity contribution in [2.24, 2.45) is 0 Å². The third-order valence-corrected chi connectivity index (χ3v) is 3.70. The maximum absolute atomic E-state index is 12.1. The van der Waals surface area contributed by atoms with Crippen LogP contribution in [0.25, 0.3) is 0 Å². The lowest BCUT2D eigenvalue weighted by molar-refractivity contribution is -0.385. The number of rotatable bonds is 6. The maximum Gasteiger partial charge on any atom is 0.310 e. The predicted octanol–water partition coefficient (Wildman–Crippen LogP) is 3.47. The van der Waals surface area contributed by atoms with Gasteiger partial charge in [-0.3, -0.25) is 14.9 Å². The quantitative estimate of drug-likeness (QED) is 0.650. The molecule has 24 heavy (non-hydrogen) atoms. The highest BCUT2D eigenvalue weighted by atomic mass is 16.6. The number of nitro benzene ring substituents is 1. The van der Waals surface area contributed by atoms with E-state index in [0.717, 1.165) is 16.7 Å². The largest absolute Gasteiger partial charge is 0.477 e. The fourth-order valence-corrected chi connectivity index (χ4v) is 2.46. The van der Waals surface area contributed by atoms with Gasteiger partial charge in [-0.25, -0.2) is 0 Å². The van der Waals surface area contributed by atoms with Crippen molar-refractivity contribution >= 4 is 11.6 Å². The number of nitro groups is 1. The minimum atomic E-state index is -0.536. The number of nitrogens with zero attached hydrogens (tertiary/aromatic N) is 1. The van der Waals surface area contributed by atoms with Gasteiger partial charge in [0.05, 0.1) is 11.0 Å². The van der Waals surface area contributed by atoms with Crippen LogP contribution in [0.15, 0.2) is 42.5 Å². The van der Waals surface area contributed by atoms with Crippen LogP contribution in [0.5, 0.6) is 5.75 Å². The molecule has 2 aromatic carbocycles. The monoisotopic (exact) mass is 328 g/mol. The zero-order valence-corrected chi connectivity index (χ0v) is 13.9. The summed E-state index contributed by atoms with van der Waals surface area (Å²) in [6, 6.07) is 11.9. The number of hydrogen-bond acceptors (Lipinski definition) is 4. The molecule has 0 radical (unpaired) electrons. The molecule has 126 valence electrons. The highest BCUT2D eigenvalue weighted by molar-refractivity contribution is 5.78. The second-order valence-corrected chi connectivity index (χ2v) is 5.66. The second-order valence-electron chi connectivity index (χ2n) is 5.66. The first-order valence-electron chi connectivity index (χ1n) is 7.61. The lowest BCUT2D eigenvalue weighted by Crippen LogP contribution is -2.31. The molecular formula is C18H20N2O4. The molecule has 0 aromatic heterocycles. The standard InChI is InChI=1S/C18H20N2O4/c1-12-8-9-13(2)15(10-12)14(3)19-18(21)11-24-17-7-5-4-6-16(17)20(22)23/h4-10,14H,11H2,1-3H3,(H,19,21). The van der Waals surface area contributed by atoms with Crippen molar-refractivity contribution in [3.05, 3.63) is 69.3 Å². The fraction of sp³-hybridized carbons (Fsp3) is 0.278. The van der Waals surface area contributed by atoms with E-state index in [9.17, 15) is 14.9 Å². The smallest absolute Gasteiger partial charge is 0.310 e. The van der Waals surface area contributed by atoms with Crippen molar-refractivity contribution in [1.29, 1.82) is 0 Å². The van der Waals surface area contributed by atoms with Crippen molar-refractivity contribution < 1.29 is 14.5 Å². The fourth-order valence-electron chi connectivity index (χ4n) is 2.46. The van der Waals surface area contributed by atoms with E-state index in [1.807, 2.05) is 39.0 Å². The number of ether oxygens (including phenoxy) is 1. The van der Waals surface area contributed by atoms with E-state index < -0.39 is 4.92 Å². The maximum atomic E-state index is 12.1. The Morgan fingerprint density at radius 3 is 2.67 bits per heavy atom. The molecule has 1 N–H and O–H groups in total. The van der Waals surface area contributed by atoms with Gasteiger partial charge in [-0.15, -0.1) is 0 Å². The van der Waals surface area contributed by atoms with Crippen LogP contribution in [-0.2, 0) is 4.79 Å². The molecule has 0 fully saturated rings. The van der Waals surface area contributed by atoms with Crippen LogP contribution >= 0.6 is 0 Å². The Hall–Kier alpha value is -2.89. The summed E-state index contributed by atoms with van der Waals surface area (Å²) in [6.07, 6.45) is 0. The van der Waals surface area contributed by atoms with Crippen LogP contribution in [-0.4, -0.2) is 17.4 Å². The number of aryl methyl sites for hydroxylation is 2. The molecule has 0 heterocycles. The normalized spacial score (nSPS) is 11.6. The molecule has 1 unspecified atom stereocenters. The zero-order valence-electron chi connectivity index (χ0n) is 13.9. The Kier molecular flexibility index (Phi) is 5.52. The van der Waals surface area contributed by atoms with Gasteiger partial charge in [0, 0.05) is 6.07 Å².